The lowest BCUT2D eigenvalue weighted by molar-refractivity contribution is -0.386. The highest BCUT2D eigenvalue weighted by Gasteiger charge is 2.60. The molecule has 3 fully saturated rings. The molecule has 3 heterocycles. The van der Waals surface area contributed by atoms with Gasteiger partial charge >= 0.3 is 5.97 Å². The number of allylic oxidation sites excluding steroid dienone is 5. The largest absolute Gasteiger partial charge is 0.477 e. The summed E-state index contributed by atoms with van der Waals surface area (Å²) in [5.41, 5.74) is 0. The zero-order chi connectivity index (χ0) is 68.2. The summed E-state index contributed by atoms with van der Waals surface area (Å²) in [5, 5.41) is 136. The fraction of sp³-hybridized carbons (Fsp3) is 0.871. The van der Waals surface area contributed by atoms with Crippen LogP contribution < -0.4 is 10.6 Å². The number of rotatable bonds is 54. The molecule has 3 saturated heterocycles. The lowest BCUT2D eigenvalue weighted by Gasteiger charge is -2.50. The van der Waals surface area contributed by atoms with Gasteiger partial charge in [-0.25, -0.2) is 4.79 Å². The minimum atomic E-state index is -3.08. The van der Waals surface area contributed by atoms with Crippen molar-refractivity contribution in [1.29, 1.82) is 0 Å². The molecule has 0 aliphatic carbocycles. The number of carbonyl (C=O) groups excluding carboxylic acids is 2. The maximum atomic E-state index is 13.5. The highest BCUT2D eigenvalue weighted by molar-refractivity contribution is 5.77. The standard InChI is InChI=1S/C70H126N2O21/c1-4-6-8-10-12-14-16-18-20-22-24-26-27-29-31-33-35-37-39-41-43-52(77)51(72-57(80)44-42-40-38-36-34-32-30-28-25-23-21-19-17-15-13-11-9-7-5-2)49-88-67-62(84)61(83)64(56(48-75)90-67)91-68-63(85)66(60(82)55(47-74)89-68)93-70(69(86)87)45-53(78)58(71-50(3)76)65(92-70)59(81)54(79)46-73/h13,15,17,19,41,43,51-56,58-68,73-75,77-79,81-85H,4-12,14,16,18,20-40,42,44-49H2,1-3H3,(H,71,76)(H,72,80)(H,86,87)/b15-13-,19-17-,43-41+. The van der Waals surface area contributed by atoms with Crippen molar-refractivity contribution in [1.82, 2.24) is 10.6 Å². The molecular weight excluding hydrogens is 1200 g/mol. The molecule has 3 rings (SSSR count). The Morgan fingerprint density at radius 3 is 1.52 bits per heavy atom. The average molecular weight is 1330 g/mol. The Morgan fingerprint density at radius 2 is 1.03 bits per heavy atom. The molecule has 542 valence electrons. The highest BCUT2D eigenvalue weighted by atomic mass is 16.8. The molecule has 14 N–H and O–H groups in total. The first-order valence-corrected chi connectivity index (χ1v) is 35.9. The van der Waals surface area contributed by atoms with Crippen molar-refractivity contribution >= 4 is 17.8 Å². The fourth-order valence-corrected chi connectivity index (χ4v) is 12.3. The SMILES string of the molecule is CCCCC/C=C\C=C/CCCCCCCCCCCCC(=O)NC(COC1OC(CO)C(OC2OC(CO)C(O)C(OC3(C(=O)O)CC(O)C(NC(C)=O)C(C(O)C(O)CO)O3)C2O)C(O)C1O)C(O)/C=C/CCCCCCCCCCCCCCCCCCCC. The number of hydrogen-bond donors (Lipinski definition) is 14. The lowest BCUT2D eigenvalue weighted by atomic mass is 9.88. The van der Waals surface area contributed by atoms with E-state index in [4.69, 9.17) is 28.4 Å². The van der Waals surface area contributed by atoms with E-state index in [0.29, 0.717) is 12.8 Å². The van der Waals surface area contributed by atoms with Crippen LogP contribution in [0.15, 0.2) is 36.5 Å². The summed E-state index contributed by atoms with van der Waals surface area (Å²) < 4.78 is 34.8. The third-order valence-corrected chi connectivity index (χ3v) is 18.1. The van der Waals surface area contributed by atoms with Gasteiger partial charge in [0.2, 0.25) is 11.8 Å². The van der Waals surface area contributed by atoms with Crippen LogP contribution in [0.3, 0.4) is 0 Å². The smallest absolute Gasteiger partial charge is 0.364 e. The van der Waals surface area contributed by atoms with E-state index in [2.05, 4.69) is 48.8 Å². The predicted molar refractivity (Wildman–Crippen MR) is 352 cm³/mol. The van der Waals surface area contributed by atoms with E-state index in [1.807, 2.05) is 6.08 Å². The van der Waals surface area contributed by atoms with E-state index in [1.54, 1.807) is 6.08 Å². The van der Waals surface area contributed by atoms with E-state index >= 15 is 0 Å². The van der Waals surface area contributed by atoms with Crippen LogP contribution in [0.4, 0.5) is 0 Å². The molecule has 18 unspecified atom stereocenters. The maximum absolute atomic E-state index is 13.5. The van der Waals surface area contributed by atoms with Gasteiger partial charge in [0.25, 0.3) is 5.79 Å². The number of ether oxygens (including phenoxy) is 6. The molecule has 0 bridgehead atoms. The topological polar surface area (TPSA) is 373 Å². The Morgan fingerprint density at radius 1 is 0.570 bits per heavy atom. The van der Waals surface area contributed by atoms with Crippen molar-refractivity contribution < 1.29 is 104 Å². The van der Waals surface area contributed by atoms with Crippen molar-refractivity contribution in [2.24, 2.45) is 0 Å². The Bertz CT molecular complexity index is 2020. The minimum Gasteiger partial charge on any atom is -0.477 e. The molecule has 0 aromatic carbocycles. The molecule has 23 nitrogen and oxygen atoms in total. The van der Waals surface area contributed by atoms with Gasteiger partial charge in [0.05, 0.1) is 50.7 Å². The lowest BCUT2D eigenvalue weighted by Crippen LogP contribution is -2.70. The van der Waals surface area contributed by atoms with Crippen molar-refractivity contribution in [3.63, 3.8) is 0 Å². The van der Waals surface area contributed by atoms with Crippen LogP contribution in [0.25, 0.3) is 0 Å². The third kappa shape index (κ3) is 32.5. The Kier molecular flexibility index (Phi) is 45.5. The average Bonchev–Trinajstić information content (AvgIpc) is 0.764. The molecular formula is C70H126N2O21. The number of carboxylic acid groups (broad SMARTS) is 1. The highest BCUT2D eigenvalue weighted by Crippen LogP contribution is 2.39. The van der Waals surface area contributed by atoms with Gasteiger partial charge in [-0.2, -0.15) is 0 Å². The zero-order valence-corrected chi connectivity index (χ0v) is 56.6. The summed E-state index contributed by atoms with van der Waals surface area (Å²) >= 11 is 0. The van der Waals surface area contributed by atoms with Gasteiger partial charge in [-0.05, 0) is 44.9 Å². The minimum absolute atomic E-state index is 0.196. The van der Waals surface area contributed by atoms with Gasteiger partial charge in [0.1, 0.15) is 67.1 Å². The van der Waals surface area contributed by atoms with E-state index in [1.165, 1.54) is 148 Å². The summed E-state index contributed by atoms with van der Waals surface area (Å²) in [6, 6.07) is -2.62. The molecule has 0 radical (unpaired) electrons. The second-order valence-electron chi connectivity index (χ2n) is 26.1. The summed E-state index contributed by atoms with van der Waals surface area (Å²) in [4.78, 5) is 38.6. The van der Waals surface area contributed by atoms with Crippen molar-refractivity contribution in [2.45, 2.75) is 362 Å². The quantitative estimate of drug-likeness (QED) is 0.0165. The van der Waals surface area contributed by atoms with Crippen LogP contribution in [0, 0.1) is 0 Å². The monoisotopic (exact) mass is 1330 g/mol. The summed E-state index contributed by atoms with van der Waals surface area (Å²) in [6.07, 6.45) is 23.2. The molecule has 0 saturated carbocycles. The summed E-state index contributed by atoms with van der Waals surface area (Å²) in [6.45, 7) is 2.12. The van der Waals surface area contributed by atoms with Crippen molar-refractivity contribution in [3.8, 4) is 0 Å². The van der Waals surface area contributed by atoms with E-state index in [-0.39, 0.29) is 12.3 Å². The summed E-state index contributed by atoms with van der Waals surface area (Å²) in [7, 11) is 0. The number of amides is 2. The van der Waals surface area contributed by atoms with Gasteiger partial charge in [0.15, 0.2) is 12.6 Å². The maximum Gasteiger partial charge on any atom is 0.364 e. The first kappa shape index (κ1) is 84.2. The Labute approximate surface area is 555 Å². The first-order valence-electron chi connectivity index (χ1n) is 35.9. The number of carbonyl (C=O) groups is 3. The number of carboxylic acids is 1. The molecule has 3 aliphatic heterocycles. The molecule has 3 aliphatic rings. The molecule has 0 aromatic rings. The van der Waals surface area contributed by atoms with Crippen LogP contribution in [-0.4, -0.2) is 215 Å². The normalized spacial score (nSPS) is 28.3. The van der Waals surface area contributed by atoms with E-state index < -0.39 is 155 Å². The number of hydrogen-bond acceptors (Lipinski definition) is 20. The second kappa shape index (κ2) is 50.3. The van der Waals surface area contributed by atoms with Crippen molar-refractivity contribution in [3.05, 3.63) is 36.5 Å². The third-order valence-electron chi connectivity index (χ3n) is 18.1. The van der Waals surface area contributed by atoms with Crippen LogP contribution in [0.2, 0.25) is 0 Å². The number of aliphatic hydroxyl groups is 11. The van der Waals surface area contributed by atoms with E-state index in [0.717, 1.165) is 64.7 Å². The van der Waals surface area contributed by atoms with Crippen LogP contribution in [-0.2, 0) is 42.8 Å². The first-order chi connectivity index (χ1) is 44.9. The number of unbranched alkanes of at least 4 members (excludes halogenated alkanes) is 31. The van der Waals surface area contributed by atoms with E-state index in [9.17, 15) is 75.7 Å². The molecule has 18 atom stereocenters. The van der Waals surface area contributed by atoms with Gasteiger partial charge in [-0.1, -0.05) is 224 Å². The number of aliphatic carboxylic acids is 1. The van der Waals surface area contributed by atoms with Crippen LogP contribution >= 0.6 is 0 Å². The number of nitrogens with one attached hydrogen (secondary N) is 2. The van der Waals surface area contributed by atoms with Gasteiger partial charge in [-0.3, -0.25) is 9.59 Å². The molecule has 2 amide bonds. The van der Waals surface area contributed by atoms with Crippen molar-refractivity contribution in [2.75, 3.05) is 26.4 Å². The Balaban J connectivity index is 1.59. The van der Waals surface area contributed by atoms with Gasteiger partial charge in [-0.15, -0.1) is 0 Å². The molecule has 93 heavy (non-hydrogen) atoms. The van der Waals surface area contributed by atoms with Crippen LogP contribution in [0.5, 0.6) is 0 Å². The van der Waals surface area contributed by atoms with Crippen LogP contribution in [0.1, 0.15) is 252 Å². The number of aliphatic hydroxyl groups excluding tert-OH is 11. The fourth-order valence-electron chi connectivity index (χ4n) is 12.3. The van der Waals surface area contributed by atoms with Gasteiger partial charge < -0.3 is 100 Å². The van der Waals surface area contributed by atoms with Gasteiger partial charge in [0, 0.05) is 19.8 Å². The molecule has 0 spiro atoms. The predicted octanol–water partition coefficient (Wildman–Crippen LogP) is 7.01. The zero-order valence-electron chi connectivity index (χ0n) is 56.6. The second-order valence-corrected chi connectivity index (χ2v) is 26.1. The Hall–Kier alpha value is -3.05. The molecule has 23 heteroatoms. The summed E-state index contributed by atoms with van der Waals surface area (Å²) in [5.74, 6) is -6.15. The molecule has 0 aromatic heterocycles.